The fourth-order valence-electron chi connectivity index (χ4n) is 3.94. The van der Waals surface area contributed by atoms with Gasteiger partial charge in [0.2, 0.25) is 0 Å². The lowest BCUT2D eigenvalue weighted by Crippen LogP contribution is -2.26. The molecule has 0 aromatic heterocycles. The fourth-order valence-corrected chi connectivity index (χ4v) is 3.94. The van der Waals surface area contributed by atoms with Crippen molar-refractivity contribution in [3.63, 3.8) is 0 Å². The monoisotopic (exact) mass is 362 g/mol. The van der Waals surface area contributed by atoms with Crippen LogP contribution in [-0.4, -0.2) is 11.1 Å². The van der Waals surface area contributed by atoms with Crippen LogP contribution in [0.25, 0.3) is 11.1 Å². The Morgan fingerprint density at radius 2 is 1.62 bits per heavy atom. The minimum absolute atomic E-state index is 0.114. The molecule has 1 atom stereocenters. The second-order valence-electron chi connectivity index (χ2n) is 6.88. The first-order chi connectivity index (χ1) is 12.4. The van der Waals surface area contributed by atoms with Gasteiger partial charge in [0.15, 0.2) is 0 Å². The van der Waals surface area contributed by atoms with Crippen LogP contribution < -0.4 is 0 Å². The molecule has 0 aliphatic heterocycles. The van der Waals surface area contributed by atoms with E-state index in [1.165, 1.54) is 6.07 Å². The minimum atomic E-state index is -4.59. The second kappa shape index (κ2) is 7.52. The van der Waals surface area contributed by atoms with Gasteiger partial charge in [-0.05, 0) is 41.5 Å². The highest BCUT2D eigenvalue weighted by molar-refractivity contribution is 5.78. The summed E-state index contributed by atoms with van der Waals surface area (Å²) in [6, 6.07) is 12.8. The van der Waals surface area contributed by atoms with Crippen LogP contribution in [-0.2, 0) is 11.0 Å². The predicted octanol–water partition coefficient (Wildman–Crippen LogP) is 6.12. The Morgan fingerprint density at radius 3 is 2.19 bits per heavy atom. The highest BCUT2D eigenvalue weighted by Crippen LogP contribution is 2.43. The lowest BCUT2D eigenvalue weighted by atomic mass is 9.75. The van der Waals surface area contributed by atoms with Crippen LogP contribution in [0.3, 0.4) is 0 Å². The molecule has 1 N–H and O–H groups in total. The maximum atomic E-state index is 13.7. The zero-order valence-corrected chi connectivity index (χ0v) is 14.3. The van der Waals surface area contributed by atoms with Crippen molar-refractivity contribution in [2.24, 2.45) is 5.92 Å². The van der Waals surface area contributed by atoms with Crippen molar-refractivity contribution in [3.8, 4) is 11.1 Å². The van der Waals surface area contributed by atoms with Crippen molar-refractivity contribution < 1.29 is 23.1 Å². The zero-order chi connectivity index (χ0) is 18.7. The van der Waals surface area contributed by atoms with E-state index in [2.05, 4.69) is 0 Å². The molecule has 0 bridgehead atoms. The van der Waals surface area contributed by atoms with Crippen molar-refractivity contribution >= 4 is 5.97 Å². The summed E-state index contributed by atoms with van der Waals surface area (Å²) in [4.78, 5) is 11.9. The van der Waals surface area contributed by atoms with Gasteiger partial charge in [0.1, 0.15) is 0 Å². The average Bonchev–Trinajstić information content (AvgIpc) is 2.62. The fraction of sp³-hybridized carbons (Fsp3) is 0.381. The molecular weight excluding hydrogens is 341 g/mol. The molecule has 3 rings (SSSR count). The molecule has 1 aliphatic carbocycles. The van der Waals surface area contributed by atoms with Crippen molar-refractivity contribution in [2.75, 3.05) is 0 Å². The standard InChI is InChI=1S/C21H21F3O2/c22-21(23,24)18-13-16(14-7-3-1-4-8-14)11-12-17(18)19(20(25)26)15-9-5-2-6-10-15/h1,3-4,7-8,11-13,15,19H,2,5-6,9-10H2,(H,25,26). The molecule has 1 aliphatic rings. The first-order valence-electron chi connectivity index (χ1n) is 8.87. The molecule has 1 fully saturated rings. The normalized spacial score (nSPS) is 17.0. The Balaban J connectivity index is 2.08. The number of benzene rings is 2. The van der Waals surface area contributed by atoms with E-state index in [1.54, 1.807) is 36.4 Å². The number of hydrogen-bond donors (Lipinski definition) is 1. The highest BCUT2D eigenvalue weighted by atomic mass is 19.4. The van der Waals surface area contributed by atoms with Crippen LogP contribution in [0.1, 0.15) is 49.1 Å². The smallest absolute Gasteiger partial charge is 0.416 e. The molecular formula is C21H21F3O2. The summed E-state index contributed by atoms with van der Waals surface area (Å²) in [5.74, 6) is -2.53. The van der Waals surface area contributed by atoms with Gasteiger partial charge in [-0.25, -0.2) is 0 Å². The SMILES string of the molecule is O=C(O)C(c1ccc(-c2ccccc2)cc1C(F)(F)F)C1CCCCC1. The number of carboxylic acids is 1. The van der Waals surface area contributed by atoms with Gasteiger partial charge in [0.25, 0.3) is 0 Å². The Morgan fingerprint density at radius 1 is 0.962 bits per heavy atom. The van der Waals surface area contributed by atoms with Crippen molar-refractivity contribution in [1.29, 1.82) is 0 Å². The first-order valence-corrected chi connectivity index (χ1v) is 8.87. The highest BCUT2D eigenvalue weighted by Gasteiger charge is 2.40. The van der Waals surface area contributed by atoms with Gasteiger partial charge in [-0.15, -0.1) is 0 Å². The molecule has 5 heteroatoms. The number of carbonyl (C=O) groups is 1. The van der Waals surface area contributed by atoms with E-state index in [0.29, 0.717) is 24.0 Å². The third-order valence-electron chi connectivity index (χ3n) is 5.19. The van der Waals surface area contributed by atoms with E-state index in [-0.39, 0.29) is 11.5 Å². The van der Waals surface area contributed by atoms with Crippen molar-refractivity contribution in [1.82, 2.24) is 0 Å². The molecule has 0 spiro atoms. The van der Waals surface area contributed by atoms with E-state index in [1.807, 2.05) is 0 Å². The maximum Gasteiger partial charge on any atom is 0.416 e. The van der Waals surface area contributed by atoms with Gasteiger partial charge in [-0.3, -0.25) is 4.79 Å². The topological polar surface area (TPSA) is 37.3 Å². The Bertz CT molecular complexity index is 763. The van der Waals surface area contributed by atoms with Gasteiger partial charge in [0.05, 0.1) is 11.5 Å². The molecule has 2 nitrogen and oxygen atoms in total. The van der Waals surface area contributed by atoms with E-state index < -0.39 is 23.6 Å². The van der Waals surface area contributed by atoms with Crippen LogP contribution in [0.4, 0.5) is 13.2 Å². The van der Waals surface area contributed by atoms with Crippen LogP contribution >= 0.6 is 0 Å². The number of halogens is 3. The minimum Gasteiger partial charge on any atom is -0.481 e. The number of hydrogen-bond acceptors (Lipinski definition) is 1. The Hall–Kier alpha value is -2.30. The molecule has 0 radical (unpaired) electrons. The third-order valence-corrected chi connectivity index (χ3v) is 5.19. The number of rotatable bonds is 4. The Labute approximate surface area is 150 Å². The molecule has 1 saturated carbocycles. The second-order valence-corrected chi connectivity index (χ2v) is 6.88. The van der Waals surface area contributed by atoms with E-state index in [4.69, 9.17) is 0 Å². The molecule has 1 unspecified atom stereocenters. The predicted molar refractivity (Wildman–Crippen MR) is 93.8 cm³/mol. The summed E-state index contributed by atoms with van der Waals surface area (Å²) in [5.41, 5.74) is 0.164. The summed E-state index contributed by atoms with van der Waals surface area (Å²) in [7, 11) is 0. The van der Waals surface area contributed by atoms with Crippen LogP contribution in [0.5, 0.6) is 0 Å². The molecule has 138 valence electrons. The van der Waals surface area contributed by atoms with E-state index in [0.717, 1.165) is 25.3 Å². The summed E-state index contributed by atoms with van der Waals surface area (Å²) >= 11 is 0. The quantitative estimate of drug-likeness (QED) is 0.711. The maximum absolute atomic E-state index is 13.7. The summed E-state index contributed by atoms with van der Waals surface area (Å²) in [6.07, 6.45) is -0.510. The van der Waals surface area contributed by atoms with Gasteiger partial charge < -0.3 is 5.11 Å². The van der Waals surface area contributed by atoms with Gasteiger partial charge in [-0.2, -0.15) is 13.2 Å². The molecule has 0 heterocycles. The Kier molecular flexibility index (Phi) is 5.35. The zero-order valence-electron chi connectivity index (χ0n) is 14.3. The number of aliphatic carboxylic acids is 1. The molecule has 2 aromatic rings. The van der Waals surface area contributed by atoms with Crippen LogP contribution in [0, 0.1) is 5.92 Å². The van der Waals surface area contributed by atoms with Crippen LogP contribution in [0.15, 0.2) is 48.5 Å². The number of alkyl halides is 3. The van der Waals surface area contributed by atoms with Gasteiger partial charge in [-0.1, -0.05) is 61.7 Å². The molecule has 2 aromatic carbocycles. The van der Waals surface area contributed by atoms with E-state index >= 15 is 0 Å². The molecule has 26 heavy (non-hydrogen) atoms. The molecule has 0 saturated heterocycles. The van der Waals surface area contributed by atoms with Crippen molar-refractivity contribution in [3.05, 3.63) is 59.7 Å². The van der Waals surface area contributed by atoms with Crippen molar-refractivity contribution in [2.45, 2.75) is 44.2 Å². The summed E-state index contributed by atoms with van der Waals surface area (Å²) in [5, 5.41) is 9.69. The lowest BCUT2D eigenvalue weighted by molar-refractivity contribution is -0.143. The van der Waals surface area contributed by atoms with E-state index in [9.17, 15) is 23.1 Å². The van der Waals surface area contributed by atoms with Crippen LogP contribution in [0.2, 0.25) is 0 Å². The lowest BCUT2D eigenvalue weighted by Gasteiger charge is -2.29. The van der Waals surface area contributed by atoms with Gasteiger partial charge >= 0.3 is 12.1 Å². The largest absolute Gasteiger partial charge is 0.481 e. The molecule has 0 amide bonds. The summed E-state index contributed by atoms with van der Waals surface area (Å²) < 4.78 is 41.2. The third kappa shape index (κ3) is 3.92. The first kappa shape index (κ1) is 18.5. The number of carboxylic acid groups (broad SMARTS) is 1. The summed E-state index contributed by atoms with van der Waals surface area (Å²) in [6.45, 7) is 0. The van der Waals surface area contributed by atoms with Gasteiger partial charge in [0, 0.05) is 0 Å². The average molecular weight is 362 g/mol.